The molecule has 1 aromatic rings. The van der Waals surface area contributed by atoms with Gasteiger partial charge in [0.2, 0.25) is 11.8 Å². The van der Waals surface area contributed by atoms with Crippen molar-refractivity contribution in [2.24, 2.45) is 0 Å². The lowest BCUT2D eigenvalue weighted by Crippen LogP contribution is -2.50. The number of hydrogen-bond acceptors (Lipinski definition) is 6. The number of esters is 1. The Balaban J connectivity index is 3.15. The number of aryl methyl sites for hydroxylation is 2. The van der Waals surface area contributed by atoms with E-state index in [9.17, 15) is 19.2 Å². The molecule has 1 unspecified atom stereocenters. The van der Waals surface area contributed by atoms with Gasteiger partial charge in [-0.05, 0) is 72.1 Å². The molecule has 2 N–H and O–H groups in total. The number of amides is 3. The van der Waals surface area contributed by atoms with Crippen LogP contribution < -0.4 is 10.6 Å². The van der Waals surface area contributed by atoms with Gasteiger partial charge in [0.1, 0.15) is 18.2 Å². The molecule has 34 heavy (non-hydrogen) atoms. The van der Waals surface area contributed by atoms with Crippen molar-refractivity contribution in [3.05, 3.63) is 34.9 Å². The predicted molar refractivity (Wildman–Crippen MR) is 129 cm³/mol. The molecule has 190 valence electrons. The molecule has 0 aliphatic carbocycles. The molecule has 0 heterocycles. The van der Waals surface area contributed by atoms with Gasteiger partial charge in [0, 0.05) is 12.6 Å². The zero-order valence-electron chi connectivity index (χ0n) is 21.6. The summed E-state index contributed by atoms with van der Waals surface area (Å²) < 4.78 is 10.1. The van der Waals surface area contributed by atoms with Gasteiger partial charge in [0.25, 0.3) is 0 Å². The van der Waals surface area contributed by atoms with Crippen molar-refractivity contribution < 1.29 is 28.7 Å². The first kappa shape index (κ1) is 28.9. The molecule has 1 rings (SSSR count). The molecule has 0 aromatic heterocycles. The van der Waals surface area contributed by atoms with E-state index in [4.69, 9.17) is 9.47 Å². The minimum Gasteiger partial charge on any atom is -0.466 e. The molecule has 0 saturated heterocycles. The summed E-state index contributed by atoms with van der Waals surface area (Å²) in [6, 6.07) is 4.27. The van der Waals surface area contributed by atoms with E-state index in [2.05, 4.69) is 10.6 Å². The second kappa shape index (κ2) is 13.0. The minimum absolute atomic E-state index is 0.0229. The van der Waals surface area contributed by atoms with E-state index in [1.165, 1.54) is 4.90 Å². The number of carbonyl (C=O) groups is 4. The lowest BCUT2D eigenvalue weighted by Gasteiger charge is -2.35. The number of ether oxygens (including phenoxy) is 2. The van der Waals surface area contributed by atoms with Crippen LogP contribution in [0.1, 0.15) is 70.7 Å². The van der Waals surface area contributed by atoms with Crippen LogP contribution in [0.3, 0.4) is 0 Å². The summed E-state index contributed by atoms with van der Waals surface area (Å²) >= 11 is 0. The predicted octanol–water partition coefficient (Wildman–Crippen LogP) is 3.18. The van der Waals surface area contributed by atoms with Crippen molar-refractivity contribution in [2.75, 3.05) is 19.7 Å². The van der Waals surface area contributed by atoms with Crippen LogP contribution in [0.25, 0.3) is 0 Å². The fourth-order valence-corrected chi connectivity index (χ4v) is 3.27. The third-order valence-corrected chi connectivity index (χ3v) is 4.93. The van der Waals surface area contributed by atoms with Crippen LogP contribution in [0, 0.1) is 13.8 Å². The molecule has 0 aliphatic rings. The van der Waals surface area contributed by atoms with Gasteiger partial charge in [-0.1, -0.05) is 18.2 Å². The van der Waals surface area contributed by atoms with E-state index >= 15 is 0 Å². The standard InChI is InChI=1S/C25H39N3O6/c1-9-33-21(30)12-13-26-23(31)22(19-11-10-17(4)18(5)14-19)28(16(2)3)20(29)15-27-24(32)34-25(6,7)8/h10-11,14,16,22H,9,12-13,15H2,1-8H3,(H,26,31)(H,27,32). The number of nitrogens with one attached hydrogen (secondary N) is 2. The number of alkyl carbamates (subject to hydrolysis) is 1. The summed E-state index contributed by atoms with van der Waals surface area (Å²) in [6.07, 6.45) is -0.694. The number of nitrogens with zero attached hydrogens (tertiary/aromatic N) is 1. The van der Waals surface area contributed by atoms with E-state index in [-0.39, 0.29) is 32.2 Å². The number of carbonyl (C=O) groups excluding carboxylic acids is 4. The molecule has 0 aliphatic heterocycles. The molecule has 3 amide bonds. The second-order valence-electron chi connectivity index (χ2n) is 9.34. The van der Waals surface area contributed by atoms with Gasteiger partial charge in [-0.15, -0.1) is 0 Å². The van der Waals surface area contributed by atoms with Crippen molar-refractivity contribution in [2.45, 2.75) is 79.5 Å². The molecular formula is C25H39N3O6. The molecule has 9 heteroatoms. The smallest absolute Gasteiger partial charge is 0.408 e. The quantitative estimate of drug-likeness (QED) is 0.501. The molecule has 0 bridgehead atoms. The highest BCUT2D eigenvalue weighted by atomic mass is 16.6. The van der Waals surface area contributed by atoms with Crippen molar-refractivity contribution in [3.63, 3.8) is 0 Å². The van der Waals surface area contributed by atoms with Gasteiger partial charge in [-0.25, -0.2) is 4.79 Å². The maximum atomic E-state index is 13.3. The summed E-state index contributed by atoms with van der Waals surface area (Å²) in [6.45, 7) is 14.4. The average Bonchev–Trinajstić information content (AvgIpc) is 2.71. The van der Waals surface area contributed by atoms with E-state index in [0.717, 1.165) is 11.1 Å². The number of rotatable bonds is 10. The van der Waals surface area contributed by atoms with Crippen molar-refractivity contribution in [1.29, 1.82) is 0 Å². The highest BCUT2D eigenvalue weighted by Gasteiger charge is 2.33. The van der Waals surface area contributed by atoms with Crippen LogP contribution in [0.15, 0.2) is 18.2 Å². The number of hydrogen-bond donors (Lipinski definition) is 2. The molecule has 1 aromatic carbocycles. The first-order chi connectivity index (χ1) is 15.8. The summed E-state index contributed by atoms with van der Waals surface area (Å²) in [5.74, 6) is -1.28. The van der Waals surface area contributed by atoms with Crippen molar-refractivity contribution in [3.8, 4) is 0 Å². The molecule has 9 nitrogen and oxygen atoms in total. The Bertz CT molecular complexity index is 876. The van der Waals surface area contributed by atoms with E-state index in [1.54, 1.807) is 41.5 Å². The Kier molecular flexibility index (Phi) is 11.0. The van der Waals surface area contributed by atoms with Crippen LogP contribution >= 0.6 is 0 Å². The van der Waals surface area contributed by atoms with Gasteiger partial charge >= 0.3 is 12.1 Å². The van der Waals surface area contributed by atoms with E-state index in [0.29, 0.717) is 5.56 Å². The second-order valence-corrected chi connectivity index (χ2v) is 9.34. The zero-order valence-corrected chi connectivity index (χ0v) is 21.6. The van der Waals surface area contributed by atoms with Gasteiger partial charge < -0.3 is 25.0 Å². The van der Waals surface area contributed by atoms with E-state index in [1.807, 2.05) is 32.0 Å². The van der Waals surface area contributed by atoms with Crippen LogP contribution in [-0.4, -0.2) is 60.1 Å². The Hall–Kier alpha value is -3.10. The Morgan fingerprint density at radius 2 is 1.68 bits per heavy atom. The summed E-state index contributed by atoms with van der Waals surface area (Å²) in [5.41, 5.74) is 1.96. The van der Waals surface area contributed by atoms with E-state index < -0.39 is 35.5 Å². The largest absolute Gasteiger partial charge is 0.466 e. The number of benzene rings is 1. The molecule has 0 saturated carbocycles. The van der Waals surface area contributed by atoms with Crippen LogP contribution in [0.2, 0.25) is 0 Å². The molecule has 0 fully saturated rings. The lowest BCUT2D eigenvalue weighted by molar-refractivity contribution is -0.144. The van der Waals surface area contributed by atoms with Crippen molar-refractivity contribution in [1.82, 2.24) is 15.5 Å². The first-order valence-corrected chi connectivity index (χ1v) is 11.5. The summed E-state index contributed by atoms with van der Waals surface area (Å²) in [7, 11) is 0. The van der Waals surface area contributed by atoms with Crippen LogP contribution in [-0.2, 0) is 23.9 Å². The third kappa shape index (κ3) is 9.41. The Morgan fingerprint density at radius 1 is 1.03 bits per heavy atom. The maximum absolute atomic E-state index is 13.3. The fourth-order valence-electron chi connectivity index (χ4n) is 3.27. The van der Waals surface area contributed by atoms with Gasteiger partial charge in [-0.3, -0.25) is 14.4 Å². The normalized spacial score (nSPS) is 12.0. The van der Waals surface area contributed by atoms with Crippen LogP contribution in [0.4, 0.5) is 4.79 Å². The minimum atomic E-state index is -0.950. The molecule has 0 spiro atoms. The molecule has 1 atom stereocenters. The lowest BCUT2D eigenvalue weighted by atomic mass is 9.98. The highest BCUT2D eigenvalue weighted by molar-refractivity contribution is 5.90. The Labute approximate surface area is 202 Å². The van der Waals surface area contributed by atoms with Gasteiger partial charge in [-0.2, -0.15) is 0 Å². The topological polar surface area (TPSA) is 114 Å². The van der Waals surface area contributed by atoms with Gasteiger partial charge in [0.05, 0.1) is 13.0 Å². The van der Waals surface area contributed by atoms with Crippen LogP contribution in [0.5, 0.6) is 0 Å². The SMILES string of the molecule is CCOC(=O)CCNC(=O)C(c1ccc(C)c(C)c1)N(C(=O)CNC(=O)OC(C)(C)C)C(C)C. The monoisotopic (exact) mass is 477 g/mol. The van der Waals surface area contributed by atoms with Gasteiger partial charge in [0.15, 0.2) is 0 Å². The highest BCUT2D eigenvalue weighted by Crippen LogP contribution is 2.26. The zero-order chi connectivity index (χ0) is 26.1. The third-order valence-electron chi connectivity index (χ3n) is 4.93. The van der Waals surface area contributed by atoms with Crippen molar-refractivity contribution >= 4 is 23.9 Å². The maximum Gasteiger partial charge on any atom is 0.408 e. The molecule has 0 radical (unpaired) electrons. The summed E-state index contributed by atoms with van der Waals surface area (Å²) in [5, 5.41) is 5.21. The fraction of sp³-hybridized carbons (Fsp3) is 0.600. The average molecular weight is 478 g/mol. The molecular weight excluding hydrogens is 438 g/mol. The Morgan fingerprint density at radius 3 is 2.21 bits per heavy atom. The summed E-state index contributed by atoms with van der Waals surface area (Å²) in [4.78, 5) is 51.6. The first-order valence-electron chi connectivity index (χ1n) is 11.5.